The minimum atomic E-state index is -0.0982. The number of para-hydroxylation sites is 2. The number of aromatic nitrogens is 4. The SMILES string of the molecule is O=c1c2ccccc2nc(/C=C/c2csc(-c3ccccn3)n2)n1-c1ccccc1. The van der Waals surface area contributed by atoms with Gasteiger partial charge in [-0.1, -0.05) is 36.4 Å². The summed E-state index contributed by atoms with van der Waals surface area (Å²) in [4.78, 5) is 26.9. The predicted molar refractivity (Wildman–Crippen MR) is 122 cm³/mol. The Morgan fingerprint density at radius 3 is 2.47 bits per heavy atom. The van der Waals surface area contributed by atoms with Crippen LogP contribution in [0, 0.1) is 0 Å². The van der Waals surface area contributed by atoms with Crippen LogP contribution in [0.5, 0.6) is 0 Å². The lowest BCUT2D eigenvalue weighted by Crippen LogP contribution is -2.22. The number of pyridine rings is 1. The molecule has 5 nitrogen and oxygen atoms in total. The van der Waals surface area contributed by atoms with E-state index in [4.69, 9.17) is 4.98 Å². The Hall–Kier alpha value is -3.90. The molecule has 0 amide bonds. The molecular formula is C24H16N4OS. The molecule has 0 fully saturated rings. The summed E-state index contributed by atoms with van der Waals surface area (Å²) in [6, 6.07) is 22.7. The van der Waals surface area contributed by atoms with Gasteiger partial charge in [0, 0.05) is 11.6 Å². The lowest BCUT2D eigenvalue weighted by Gasteiger charge is -2.11. The minimum absolute atomic E-state index is 0.0982. The first-order valence-corrected chi connectivity index (χ1v) is 10.3. The van der Waals surface area contributed by atoms with Crippen molar-refractivity contribution in [2.24, 2.45) is 0 Å². The molecule has 0 aliphatic carbocycles. The molecule has 0 atom stereocenters. The molecule has 0 bridgehead atoms. The molecule has 2 aromatic carbocycles. The van der Waals surface area contributed by atoms with Gasteiger partial charge in [-0.3, -0.25) is 14.3 Å². The van der Waals surface area contributed by atoms with E-state index in [0.29, 0.717) is 16.7 Å². The maximum atomic E-state index is 13.2. The zero-order valence-corrected chi connectivity index (χ0v) is 16.7. The number of nitrogens with zero attached hydrogens (tertiary/aromatic N) is 4. The summed E-state index contributed by atoms with van der Waals surface area (Å²) in [5.41, 5.74) is 2.98. The number of rotatable bonds is 4. The van der Waals surface area contributed by atoms with Crippen molar-refractivity contribution in [3.05, 3.63) is 106 Å². The van der Waals surface area contributed by atoms with Crippen molar-refractivity contribution in [2.75, 3.05) is 0 Å². The second-order valence-electron chi connectivity index (χ2n) is 6.59. The topological polar surface area (TPSA) is 60.7 Å². The van der Waals surface area contributed by atoms with Crippen LogP contribution in [0.4, 0.5) is 0 Å². The second-order valence-corrected chi connectivity index (χ2v) is 7.45. The van der Waals surface area contributed by atoms with Crippen LogP contribution >= 0.6 is 11.3 Å². The van der Waals surface area contributed by atoms with Gasteiger partial charge in [-0.15, -0.1) is 11.3 Å². The highest BCUT2D eigenvalue weighted by Crippen LogP contribution is 2.22. The summed E-state index contributed by atoms with van der Waals surface area (Å²) in [6.07, 6.45) is 5.46. The summed E-state index contributed by atoms with van der Waals surface area (Å²) in [5.74, 6) is 0.553. The van der Waals surface area contributed by atoms with Crippen LogP contribution in [-0.4, -0.2) is 19.5 Å². The smallest absolute Gasteiger partial charge is 0.266 e. The van der Waals surface area contributed by atoms with E-state index in [2.05, 4.69) is 9.97 Å². The van der Waals surface area contributed by atoms with E-state index in [1.54, 1.807) is 16.8 Å². The van der Waals surface area contributed by atoms with E-state index in [0.717, 1.165) is 22.1 Å². The van der Waals surface area contributed by atoms with Gasteiger partial charge in [0.25, 0.3) is 5.56 Å². The van der Waals surface area contributed by atoms with Crippen molar-refractivity contribution >= 4 is 34.4 Å². The summed E-state index contributed by atoms with van der Waals surface area (Å²) >= 11 is 1.53. The summed E-state index contributed by atoms with van der Waals surface area (Å²) in [6.45, 7) is 0. The molecule has 0 aliphatic rings. The number of fused-ring (bicyclic) bond motifs is 1. The van der Waals surface area contributed by atoms with Gasteiger partial charge in [-0.2, -0.15) is 0 Å². The fourth-order valence-corrected chi connectivity index (χ4v) is 3.98. The first-order chi connectivity index (χ1) is 14.8. The second kappa shape index (κ2) is 7.85. The minimum Gasteiger partial charge on any atom is -0.268 e. The molecule has 0 radical (unpaired) electrons. The van der Waals surface area contributed by atoms with Crippen LogP contribution in [0.2, 0.25) is 0 Å². The molecule has 30 heavy (non-hydrogen) atoms. The third-order valence-electron chi connectivity index (χ3n) is 4.63. The van der Waals surface area contributed by atoms with Crippen LogP contribution < -0.4 is 5.56 Å². The molecular weight excluding hydrogens is 392 g/mol. The number of hydrogen-bond acceptors (Lipinski definition) is 5. The van der Waals surface area contributed by atoms with Crippen LogP contribution in [0.3, 0.4) is 0 Å². The Morgan fingerprint density at radius 1 is 0.833 bits per heavy atom. The van der Waals surface area contributed by atoms with E-state index in [-0.39, 0.29) is 5.56 Å². The van der Waals surface area contributed by atoms with Gasteiger partial charge < -0.3 is 0 Å². The molecule has 0 unspecified atom stereocenters. The predicted octanol–water partition coefficient (Wildman–Crippen LogP) is 5.07. The Bertz CT molecular complexity index is 1410. The van der Waals surface area contributed by atoms with Gasteiger partial charge in [-0.25, -0.2) is 9.97 Å². The van der Waals surface area contributed by atoms with Gasteiger partial charge in [-0.05, 0) is 48.6 Å². The molecule has 5 rings (SSSR count). The Morgan fingerprint density at radius 2 is 1.63 bits per heavy atom. The Labute approximate surface area is 176 Å². The maximum Gasteiger partial charge on any atom is 0.266 e. The zero-order valence-electron chi connectivity index (χ0n) is 15.8. The van der Waals surface area contributed by atoms with Crippen molar-refractivity contribution in [1.29, 1.82) is 0 Å². The summed E-state index contributed by atoms with van der Waals surface area (Å²) in [5, 5.41) is 3.40. The molecule has 0 spiro atoms. The average Bonchev–Trinajstić information content (AvgIpc) is 3.28. The van der Waals surface area contributed by atoms with Crippen LogP contribution in [0.15, 0.2) is 89.2 Å². The Kier molecular flexibility index (Phi) is 4.75. The molecule has 3 aromatic heterocycles. The lowest BCUT2D eigenvalue weighted by molar-refractivity contribution is 0.944. The highest BCUT2D eigenvalue weighted by Gasteiger charge is 2.11. The first-order valence-electron chi connectivity index (χ1n) is 9.42. The van der Waals surface area contributed by atoms with Gasteiger partial charge in [0.15, 0.2) is 0 Å². The fraction of sp³-hybridized carbons (Fsp3) is 0. The van der Waals surface area contributed by atoms with Crippen molar-refractivity contribution < 1.29 is 0 Å². The van der Waals surface area contributed by atoms with E-state index >= 15 is 0 Å². The van der Waals surface area contributed by atoms with Crippen molar-refractivity contribution in [3.63, 3.8) is 0 Å². The van der Waals surface area contributed by atoms with Crippen molar-refractivity contribution in [2.45, 2.75) is 0 Å². The molecule has 5 aromatic rings. The summed E-state index contributed by atoms with van der Waals surface area (Å²) < 4.78 is 1.63. The molecule has 0 saturated carbocycles. The zero-order chi connectivity index (χ0) is 20.3. The standard InChI is InChI=1S/C24H16N4OS/c29-24-19-10-4-5-11-20(19)27-22(28(24)18-8-2-1-3-9-18)14-13-17-16-30-23(26-17)21-12-6-7-15-25-21/h1-16H/b14-13+. The average molecular weight is 408 g/mol. The van der Waals surface area contributed by atoms with Gasteiger partial charge in [0.2, 0.25) is 0 Å². The highest BCUT2D eigenvalue weighted by molar-refractivity contribution is 7.13. The van der Waals surface area contributed by atoms with Gasteiger partial charge in [0.1, 0.15) is 10.8 Å². The van der Waals surface area contributed by atoms with E-state index < -0.39 is 0 Å². The fourth-order valence-electron chi connectivity index (χ4n) is 3.22. The summed E-state index contributed by atoms with van der Waals surface area (Å²) in [7, 11) is 0. The third-order valence-corrected chi connectivity index (χ3v) is 5.51. The van der Waals surface area contributed by atoms with E-state index in [9.17, 15) is 4.79 Å². The lowest BCUT2D eigenvalue weighted by atomic mass is 10.2. The molecule has 3 heterocycles. The first kappa shape index (κ1) is 18.1. The Balaban J connectivity index is 1.60. The van der Waals surface area contributed by atoms with Gasteiger partial charge >= 0.3 is 0 Å². The molecule has 144 valence electrons. The molecule has 0 N–H and O–H groups in total. The quantitative estimate of drug-likeness (QED) is 0.416. The molecule has 6 heteroatoms. The molecule has 0 aliphatic heterocycles. The van der Waals surface area contributed by atoms with Crippen LogP contribution in [0.1, 0.15) is 11.5 Å². The largest absolute Gasteiger partial charge is 0.268 e. The van der Waals surface area contributed by atoms with Gasteiger partial charge in [0.05, 0.1) is 28.0 Å². The molecule has 0 saturated heterocycles. The number of thiazole rings is 1. The maximum absolute atomic E-state index is 13.2. The van der Waals surface area contributed by atoms with Crippen LogP contribution in [0.25, 0.3) is 39.4 Å². The van der Waals surface area contributed by atoms with E-state index in [1.165, 1.54) is 11.3 Å². The van der Waals surface area contributed by atoms with Crippen LogP contribution in [-0.2, 0) is 0 Å². The third kappa shape index (κ3) is 3.44. The monoisotopic (exact) mass is 408 g/mol. The van der Waals surface area contributed by atoms with Crippen molar-refractivity contribution in [3.8, 4) is 16.4 Å². The highest BCUT2D eigenvalue weighted by atomic mass is 32.1. The van der Waals surface area contributed by atoms with E-state index in [1.807, 2.05) is 84.3 Å². The normalized spacial score (nSPS) is 11.3. The number of hydrogen-bond donors (Lipinski definition) is 0. The van der Waals surface area contributed by atoms with Crippen molar-refractivity contribution in [1.82, 2.24) is 19.5 Å². The number of benzene rings is 2.